The van der Waals surface area contributed by atoms with Gasteiger partial charge in [0, 0.05) is 75.4 Å². The Kier molecular flexibility index (Phi) is 9.60. The van der Waals surface area contributed by atoms with Gasteiger partial charge in [-0.05, 0) is 62.2 Å². The fourth-order valence-electron chi connectivity index (χ4n) is 5.15. The summed E-state index contributed by atoms with van der Waals surface area (Å²) in [5.74, 6) is 0.444. The number of hydrogen-bond acceptors (Lipinski definition) is 8. The summed E-state index contributed by atoms with van der Waals surface area (Å²) in [4.78, 5) is 26.5. The molecule has 0 atom stereocenters. The van der Waals surface area contributed by atoms with Gasteiger partial charge in [-0.3, -0.25) is 9.69 Å². The van der Waals surface area contributed by atoms with E-state index in [9.17, 15) is 13.2 Å². The first-order valence-corrected chi connectivity index (χ1v) is 15.8. The number of piperidine rings is 1. The maximum Gasteiger partial charge on any atom is 0.253 e. The second-order valence-electron chi connectivity index (χ2n) is 10.3. The molecule has 41 heavy (non-hydrogen) atoms. The van der Waals surface area contributed by atoms with Crippen LogP contribution in [-0.2, 0) is 14.8 Å². The van der Waals surface area contributed by atoms with Crippen LogP contribution in [0.1, 0.15) is 36.5 Å². The first-order chi connectivity index (χ1) is 19.9. The van der Waals surface area contributed by atoms with Gasteiger partial charge in [0.2, 0.25) is 16.0 Å². The standard InChI is InChI=1S/C30H38N6O4S/c1-2-40-23-22-34-18-20-35(21-19-34)29(37)25-6-10-26(11-7-25)32-30-31-15-14-28(33-30)24-8-12-27(13-9-24)41(38,39)36-16-4-3-5-17-36/h6-15H,2-5,16-23H2,1H3,(H,31,32,33). The number of benzene rings is 2. The Balaban J connectivity index is 1.18. The largest absolute Gasteiger partial charge is 0.380 e. The number of carbonyl (C=O) groups is 1. The first-order valence-electron chi connectivity index (χ1n) is 14.3. The minimum absolute atomic E-state index is 0.0324. The Hall–Kier alpha value is -3.38. The normalized spacial score (nSPS) is 17.0. The molecule has 10 nitrogen and oxygen atoms in total. The van der Waals surface area contributed by atoms with Crippen LogP contribution in [0, 0.1) is 0 Å². The second-order valence-corrected chi connectivity index (χ2v) is 12.2. The van der Waals surface area contributed by atoms with Gasteiger partial charge < -0.3 is 15.0 Å². The van der Waals surface area contributed by atoms with E-state index in [1.807, 2.05) is 36.1 Å². The number of carbonyl (C=O) groups excluding carboxylic acids is 1. The van der Waals surface area contributed by atoms with Crippen molar-refractivity contribution in [1.29, 1.82) is 0 Å². The minimum atomic E-state index is -3.48. The minimum Gasteiger partial charge on any atom is -0.380 e. The average molecular weight is 579 g/mol. The highest BCUT2D eigenvalue weighted by Crippen LogP contribution is 2.25. The number of hydrogen-bond donors (Lipinski definition) is 1. The third-order valence-corrected chi connectivity index (χ3v) is 9.47. The maximum atomic E-state index is 13.0. The quantitative estimate of drug-likeness (QED) is 0.362. The van der Waals surface area contributed by atoms with Crippen LogP contribution in [0.25, 0.3) is 11.3 Å². The van der Waals surface area contributed by atoms with Crippen molar-refractivity contribution in [3.8, 4) is 11.3 Å². The second kappa shape index (κ2) is 13.5. The number of sulfonamides is 1. The Morgan fingerprint density at radius 2 is 1.61 bits per heavy atom. The van der Waals surface area contributed by atoms with E-state index in [4.69, 9.17) is 4.74 Å². The monoisotopic (exact) mass is 578 g/mol. The zero-order chi connectivity index (χ0) is 28.7. The van der Waals surface area contributed by atoms with E-state index in [1.165, 1.54) is 0 Å². The van der Waals surface area contributed by atoms with Crippen LogP contribution in [0.15, 0.2) is 65.7 Å². The summed E-state index contributed by atoms with van der Waals surface area (Å²) in [6.07, 6.45) is 4.54. The zero-order valence-electron chi connectivity index (χ0n) is 23.5. The van der Waals surface area contributed by atoms with Gasteiger partial charge in [0.25, 0.3) is 5.91 Å². The highest BCUT2D eigenvalue weighted by Gasteiger charge is 2.26. The summed E-state index contributed by atoms with van der Waals surface area (Å²) in [6, 6.07) is 16.0. The summed E-state index contributed by atoms with van der Waals surface area (Å²) in [7, 11) is -3.48. The van der Waals surface area contributed by atoms with Gasteiger partial charge >= 0.3 is 0 Å². The van der Waals surface area contributed by atoms with Gasteiger partial charge in [-0.15, -0.1) is 0 Å². The van der Waals surface area contributed by atoms with Crippen molar-refractivity contribution in [2.24, 2.45) is 0 Å². The van der Waals surface area contributed by atoms with E-state index in [1.54, 1.807) is 40.8 Å². The molecule has 2 aromatic carbocycles. The van der Waals surface area contributed by atoms with Crippen molar-refractivity contribution >= 4 is 27.6 Å². The SMILES string of the molecule is CCOCCN1CCN(C(=O)c2ccc(Nc3nccc(-c4ccc(S(=O)(=O)N5CCCCC5)cc4)n3)cc2)CC1. The van der Waals surface area contributed by atoms with Crippen molar-refractivity contribution in [3.63, 3.8) is 0 Å². The molecule has 0 aliphatic carbocycles. The summed E-state index contributed by atoms with van der Waals surface area (Å²) >= 11 is 0. The van der Waals surface area contributed by atoms with Crippen molar-refractivity contribution in [2.75, 3.05) is 64.3 Å². The molecule has 1 aromatic heterocycles. The van der Waals surface area contributed by atoms with E-state index in [-0.39, 0.29) is 5.91 Å². The molecule has 218 valence electrons. The zero-order valence-corrected chi connectivity index (χ0v) is 24.4. The summed E-state index contributed by atoms with van der Waals surface area (Å²) in [5.41, 5.74) is 2.89. The number of rotatable bonds is 10. The van der Waals surface area contributed by atoms with E-state index in [0.717, 1.165) is 63.4 Å². The van der Waals surface area contributed by atoms with Crippen molar-refractivity contribution in [2.45, 2.75) is 31.1 Å². The van der Waals surface area contributed by atoms with Crippen LogP contribution in [0.5, 0.6) is 0 Å². The molecule has 3 heterocycles. The lowest BCUT2D eigenvalue weighted by molar-refractivity contribution is 0.0565. The molecular weight excluding hydrogens is 540 g/mol. The van der Waals surface area contributed by atoms with Crippen LogP contribution in [0.3, 0.4) is 0 Å². The molecule has 5 rings (SSSR count). The predicted molar refractivity (Wildman–Crippen MR) is 159 cm³/mol. The molecule has 0 saturated carbocycles. The lowest BCUT2D eigenvalue weighted by Gasteiger charge is -2.34. The Morgan fingerprint density at radius 1 is 0.902 bits per heavy atom. The molecule has 2 aliphatic rings. The topological polar surface area (TPSA) is 108 Å². The third kappa shape index (κ3) is 7.28. The Morgan fingerprint density at radius 3 is 2.29 bits per heavy atom. The molecule has 2 aliphatic heterocycles. The number of aromatic nitrogens is 2. The fraction of sp³-hybridized carbons (Fsp3) is 0.433. The smallest absolute Gasteiger partial charge is 0.253 e. The number of nitrogens with one attached hydrogen (secondary N) is 1. The Bertz CT molecular complexity index is 1400. The maximum absolute atomic E-state index is 13.0. The highest BCUT2D eigenvalue weighted by molar-refractivity contribution is 7.89. The number of anilines is 2. The molecule has 0 bridgehead atoms. The lowest BCUT2D eigenvalue weighted by Crippen LogP contribution is -2.49. The number of piperazine rings is 1. The molecule has 0 spiro atoms. The summed E-state index contributed by atoms with van der Waals surface area (Å²) < 4.78 is 32.9. The summed E-state index contributed by atoms with van der Waals surface area (Å²) in [5, 5.41) is 3.20. The van der Waals surface area contributed by atoms with Gasteiger partial charge in [-0.25, -0.2) is 18.4 Å². The molecule has 2 fully saturated rings. The van der Waals surface area contributed by atoms with Crippen LogP contribution in [0.4, 0.5) is 11.6 Å². The van der Waals surface area contributed by atoms with Gasteiger partial charge in [0.1, 0.15) is 0 Å². The molecular formula is C30H38N6O4S. The molecule has 1 N–H and O–H groups in total. The summed E-state index contributed by atoms with van der Waals surface area (Å²) in [6.45, 7) is 8.60. The van der Waals surface area contributed by atoms with Crippen LogP contribution >= 0.6 is 0 Å². The predicted octanol–water partition coefficient (Wildman–Crippen LogP) is 3.86. The van der Waals surface area contributed by atoms with Crippen molar-refractivity contribution in [1.82, 2.24) is 24.1 Å². The third-order valence-electron chi connectivity index (χ3n) is 7.56. The van der Waals surface area contributed by atoms with Gasteiger partial charge in [-0.2, -0.15) is 4.31 Å². The van der Waals surface area contributed by atoms with Crippen molar-refractivity contribution < 1.29 is 17.9 Å². The van der Waals surface area contributed by atoms with Crippen LogP contribution in [-0.4, -0.2) is 97.4 Å². The molecule has 0 radical (unpaired) electrons. The van der Waals surface area contributed by atoms with Gasteiger partial charge in [-0.1, -0.05) is 18.6 Å². The molecule has 2 saturated heterocycles. The molecule has 11 heteroatoms. The number of nitrogens with zero attached hydrogens (tertiary/aromatic N) is 5. The van der Waals surface area contributed by atoms with Gasteiger partial charge in [0.15, 0.2) is 0 Å². The molecule has 1 amide bonds. The highest BCUT2D eigenvalue weighted by atomic mass is 32.2. The number of ether oxygens (including phenoxy) is 1. The lowest BCUT2D eigenvalue weighted by atomic mass is 10.1. The van der Waals surface area contributed by atoms with E-state index in [2.05, 4.69) is 20.2 Å². The van der Waals surface area contributed by atoms with Crippen LogP contribution in [0.2, 0.25) is 0 Å². The Labute approximate surface area is 242 Å². The molecule has 3 aromatic rings. The molecule has 0 unspecified atom stereocenters. The van der Waals surface area contributed by atoms with E-state index in [0.29, 0.717) is 48.3 Å². The average Bonchev–Trinajstić information content (AvgIpc) is 3.02. The fourth-order valence-corrected chi connectivity index (χ4v) is 6.67. The van der Waals surface area contributed by atoms with E-state index < -0.39 is 10.0 Å². The van der Waals surface area contributed by atoms with E-state index >= 15 is 0 Å². The first kappa shape index (κ1) is 29.1. The number of amides is 1. The van der Waals surface area contributed by atoms with Crippen molar-refractivity contribution in [3.05, 3.63) is 66.4 Å². The van der Waals surface area contributed by atoms with Crippen LogP contribution < -0.4 is 5.32 Å². The van der Waals surface area contributed by atoms with Gasteiger partial charge in [0.05, 0.1) is 17.2 Å².